The molecular formula is C14H19NO. The molecule has 2 aliphatic heterocycles. The monoisotopic (exact) mass is 217 g/mol. The summed E-state index contributed by atoms with van der Waals surface area (Å²) in [5, 5.41) is 0. The number of hydrogen-bond acceptors (Lipinski definition) is 2. The molecule has 0 bridgehead atoms. The second kappa shape index (κ2) is 3.86. The van der Waals surface area contributed by atoms with Gasteiger partial charge in [-0.25, -0.2) is 0 Å². The first kappa shape index (κ1) is 10.3. The maximum absolute atomic E-state index is 5.66. The van der Waals surface area contributed by atoms with Crippen LogP contribution in [0.4, 0.5) is 0 Å². The minimum absolute atomic E-state index is 0.500. The Morgan fingerprint density at radius 1 is 1.31 bits per heavy atom. The lowest BCUT2D eigenvalue weighted by atomic mass is 9.98. The summed E-state index contributed by atoms with van der Waals surface area (Å²) in [4.78, 5) is 2.57. The van der Waals surface area contributed by atoms with Crippen molar-refractivity contribution in [3.05, 3.63) is 35.9 Å². The van der Waals surface area contributed by atoms with Gasteiger partial charge in [0.1, 0.15) is 0 Å². The van der Waals surface area contributed by atoms with Crippen molar-refractivity contribution >= 4 is 0 Å². The van der Waals surface area contributed by atoms with Gasteiger partial charge in [-0.1, -0.05) is 30.3 Å². The van der Waals surface area contributed by atoms with Crippen molar-refractivity contribution in [2.75, 3.05) is 6.54 Å². The van der Waals surface area contributed by atoms with Gasteiger partial charge in [-0.05, 0) is 25.8 Å². The van der Waals surface area contributed by atoms with Crippen LogP contribution >= 0.6 is 0 Å². The van der Waals surface area contributed by atoms with Crippen molar-refractivity contribution in [2.24, 2.45) is 0 Å². The summed E-state index contributed by atoms with van der Waals surface area (Å²) in [6, 6.07) is 11.8. The average Bonchev–Trinajstić information content (AvgIpc) is 3.10. The first-order valence-electron chi connectivity index (χ1n) is 6.23. The maximum Gasteiger partial charge on any atom is 0.0994 e. The van der Waals surface area contributed by atoms with Crippen molar-refractivity contribution in [3.63, 3.8) is 0 Å². The molecule has 0 aliphatic carbocycles. The molecule has 2 heteroatoms. The lowest BCUT2D eigenvalue weighted by Gasteiger charge is -2.36. The standard InChI is InChI=1S/C14H19NO/c1-10(12-6-4-3-5-7-12)15-9-8-13-14(16-13)11(15)2/h3-7,10-11,13-14H,8-9H2,1-2H3/t10-,11+,13+,14-/m1/s1. The van der Waals surface area contributed by atoms with Crippen LogP contribution in [-0.2, 0) is 4.74 Å². The molecule has 1 aromatic carbocycles. The minimum atomic E-state index is 0.500. The van der Waals surface area contributed by atoms with E-state index in [-0.39, 0.29) is 0 Å². The fourth-order valence-electron chi connectivity index (χ4n) is 2.95. The summed E-state index contributed by atoms with van der Waals surface area (Å²) in [5.41, 5.74) is 1.41. The molecular weight excluding hydrogens is 198 g/mol. The van der Waals surface area contributed by atoms with Crippen molar-refractivity contribution in [1.82, 2.24) is 4.90 Å². The van der Waals surface area contributed by atoms with Gasteiger partial charge in [0.15, 0.2) is 0 Å². The number of benzene rings is 1. The number of fused-ring (bicyclic) bond motifs is 1. The molecule has 0 aromatic heterocycles. The summed E-state index contributed by atoms with van der Waals surface area (Å²) in [7, 11) is 0. The number of rotatable bonds is 2. The van der Waals surface area contributed by atoms with E-state index in [2.05, 4.69) is 49.1 Å². The largest absolute Gasteiger partial charge is 0.368 e. The van der Waals surface area contributed by atoms with Crippen molar-refractivity contribution in [3.8, 4) is 0 Å². The van der Waals surface area contributed by atoms with Crippen LogP contribution in [0.25, 0.3) is 0 Å². The number of hydrogen-bond donors (Lipinski definition) is 0. The Morgan fingerprint density at radius 2 is 2.06 bits per heavy atom. The predicted molar refractivity (Wildman–Crippen MR) is 64.3 cm³/mol. The normalized spacial score (nSPS) is 35.5. The molecule has 0 saturated carbocycles. The molecule has 2 aliphatic rings. The Labute approximate surface area is 97.2 Å². The topological polar surface area (TPSA) is 15.8 Å². The van der Waals surface area contributed by atoms with E-state index in [0.29, 0.717) is 24.3 Å². The van der Waals surface area contributed by atoms with E-state index in [1.807, 2.05) is 0 Å². The minimum Gasteiger partial charge on any atom is -0.368 e. The molecule has 2 heterocycles. The Kier molecular flexibility index (Phi) is 2.49. The fourth-order valence-corrected chi connectivity index (χ4v) is 2.95. The summed E-state index contributed by atoms with van der Waals surface area (Å²) < 4.78 is 5.66. The van der Waals surface area contributed by atoms with Gasteiger partial charge in [0, 0.05) is 18.6 Å². The Morgan fingerprint density at radius 3 is 2.81 bits per heavy atom. The Balaban J connectivity index is 1.77. The highest BCUT2D eigenvalue weighted by atomic mass is 16.6. The third-order valence-corrected chi connectivity index (χ3v) is 4.07. The van der Waals surface area contributed by atoms with Crippen LogP contribution in [0.2, 0.25) is 0 Å². The third-order valence-electron chi connectivity index (χ3n) is 4.07. The second-order valence-electron chi connectivity index (χ2n) is 4.99. The molecule has 0 unspecified atom stereocenters. The Bertz CT molecular complexity index is 364. The molecule has 3 rings (SSSR count). The van der Waals surface area contributed by atoms with Gasteiger partial charge in [-0.15, -0.1) is 0 Å². The highest BCUT2D eigenvalue weighted by Crippen LogP contribution is 2.39. The van der Waals surface area contributed by atoms with Crippen LogP contribution in [-0.4, -0.2) is 29.7 Å². The zero-order valence-electron chi connectivity index (χ0n) is 9.97. The van der Waals surface area contributed by atoms with Crippen LogP contribution in [0.1, 0.15) is 31.9 Å². The lowest BCUT2D eigenvalue weighted by molar-refractivity contribution is 0.125. The summed E-state index contributed by atoms with van der Waals surface area (Å²) >= 11 is 0. The number of ether oxygens (including phenoxy) is 1. The molecule has 2 fully saturated rings. The summed E-state index contributed by atoms with van der Waals surface area (Å²) in [6.07, 6.45) is 2.26. The maximum atomic E-state index is 5.66. The molecule has 2 nitrogen and oxygen atoms in total. The van der Waals surface area contributed by atoms with Gasteiger partial charge in [0.05, 0.1) is 12.2 Å². The SMILES string of the molecule is C[C@H](c1ccccc1)N1CC[C@@H]2O[C@@H]2[C@@H]1C. The predicted octanol–water partition coefficient (Wildman–Crippen LogP) is 2.61. The van der Waals surface area contributed by atoms with Crippen LogP contribution < -0.4 is 0 Å². The number of likely N-dealkylation sites (tertiary alicyclic amines) is 1. The first-order valence-corrected chi connectivity index (χ1v) is 6.23. The molecule has 4 atom stereocenters. The smallest absolute Gasteiger partial charge is 0.0994 e. The summed E-state index contributed by atoms with van der Waals surface area (Å²) in [6.45, 7) is 5.76. The van der Waals surface area contributed by atoms with E-state index in [4.69, 9.17) is 4.74 Å². The van der Waals surface area contributed by atoms with Crippen molar-refractivity contribution in [2.45, 2.75) is 44.6 Å². The van der Waals surface area contributed by atoms with Crippen molar-refractivity contribution < 1.29 is 4.74 Å². The quantitative estimate of drug-likeness (QED) is 0.708. The van der Waals surface area contributed by atoms with Gasteiger partial charge in [-0.2, -0.15) is 0 Å². The van der Waals surface area contributed by atoms with E-state index in [1.54, 1.807) is 0 Å². The number of nitrogens with zero attached hydrogens (tertiary/aromatic N) is 1. The molecule has 16 heavy (non-hydrogen) atoms. The van der Waals surface area contributed by atoms with Crippen LogP contribution in [0.15, 0.2) is 30.3 Å². The van der Waals surface area contributed by atoms with E-state index in [1.165, 1.54) is 18.5 Å². The van der Waals surface area contributed by atoms with Gasteiger partial charge >= 0.3 is 0 Å². The van der Waals surface area contributed by atoms with E-state index in [9.17, 15) is 0 Å². The molecule has 0 spiro atoms. The van der Waals surface area contributed by atoms with Crippen molar-refractivity contribution in [1.29, 1.82) is 0 Å². The lowest BCUT2D eigenvalue weighted by Crippen LogP contribution is -2.43. The van der Waals surface area contributed by atoms with Crippen LogP contribution in [0, 0.1) is 0 Å². The highest BCUT2D eigenvalue weighted by molar-refractivity contribution is 5.19. The van der Waals surface area contributed by atoms with E-state index >= 15 is 0 Å². The highest BCUT2D eigenvalue weighted by Gasteiger charge is 2.49. The zero-order chi connectivity index (χ0) is 11.1. The molecule has 1 aromatic rings. The fraction of sp³-hybridized carbons (Fsp3) is 0.571. The van der Waals surface area contributed by atoms with Gasteiger partial charge < -0.3 is 4.74 Å². The average molecular weight is 217 g/mol. The summed E-state index contributed by atoms with van der Waals surface area (Å²) in [5.74, 6) is 0. The van der Waals surface area contributed by atoms with Gasteiger partial charge in [0.25, 0.3) is 0 Å². The first-order chi connectivity index (χ1) is 7.77. The number of piperidine rings is 1. The molecule has 0 radical (unpaired) electrons. The Hall–Kier alpha value is -0.860. The van der Waals surface area contributed by atoms with Crippen LogP contribution in [0.3, 0.4) is 0 Å². The molecule has 0 amide bonds. The second-order valence-corrected chi connectivity index (χ2v) is 4.99. The number of epoxide rings is 1. The van der Waals surface area contributed by atoms with Gasteiger partial charge in [0.2, 0.25) is 0 Å². The molecule has 86 valence electrons. The van der Waals surface area contributed by atoms with E-state index in [0.717, 1.165) is 0 Å². The molecule has 0 N–H and O–H groups in total. The third kappa shape index (κ3) is 1.66. The van der Waals surface area contributed by atoms with Gasteiger partial charge in [-0.3, -0.25) is 4.90 Å². The molecule has 2 saturated heterocycles. The van der Waals surface area contributed by atoms with Crippen LogP contribution in [0.5, 0.6) is 0 Å². The zero-order valence-corrected chi connectivity index (χ0v) is 9.97. The van der Waals surface area contributed by atoms with E-state index < -0.39 is 0 Å².